The Morgan fingerprint density at radius 3 is 2.23 bits per heavy atom. The fraction of sp³-hybridized carbons (Fsp3) is 0.278. The van der Waals surface area contributed by atoms with E-state index in [1.807, 2.05) is 24.3 Å². The van der Waals surface area contributed by atoms with Crippen molar-refractivity contribution in [1.82, 2.24) is 4.90 Å². The second kappa shape index (κ2) is 11.5. The molecule has 4 atom stereocenters. The Kier molecular flexibility index (Phi) is 7.77. The Bertz CT molecular complexity index is 1910. The van der Waals surface area contributed by atoms with Crippen LogP contribution in [0.2, 0.25) is 0 Å². The number of Topliss-reactive ketones (excluding diaryl/α,β-unsaturated/α-hetero) is 3. The fourth-order valence-electron chi connectivity index (χ4n) is 7.38. The van der Waals surface area contributed by atoms with Gasteiger partial charge in [-0.3, -0.25) is 24.1 Å². The predicted octanol–water partition coefficient (Wildman–Crippen LogP) is 3.07. The van der Waals surface area contributed by atoms with Gasteiger partial charge < -0.3 is 30.9 Å². The van der Waals surface area contributed by atoms with E-state index in [9.17, 15) is 39.6 Å². The van der Waals surface area contributed by atoms with Crippen LogP contribution in [0, 0.1) is 11.8 Å². The van der Waals surface area contributed by atoms with Crippen LogP contribution < -0.4 is 10.5 Å². The minimum atomic E-state index is -2.70. The predicted molar refractivity (Wildman–Crippen MR) is 171 cm³/mol. The van der Waals surface area contributed by atoms with E-state index in [4.69, 9.17) is 10.5 Å². The first kappa shape index (κ1) is 31.7. The summed E-state index contributed by atoms with van der Waals surface area (Å²) >= 11 is 0. The number of aliphatic hydroxyl groups excluding tert-OH is 2. The second-order valence-electron chi connectivity index (χ2n) is 12.5. The van der Waals surface area contributed by atoms with Crippen molar-refractivity contribution in [3.63, 3.8) is 0 Å². The standard InChI is InChI=1S/C36H34N2O9/c1-38(2)30-24-16-20-15-23-22(18-6-4-17(5-7-18)14-26(40)19-8-10-21(47-3)11-9-19)12-13-25(39)28(23)31(41)27(20)33(43)36(24,46)34(44)29(32(30)42)35(37)45/h4-13,20,24,30,39,41,44,46H,14-16H2,1-3H3,(H2,37,45)/t20-,24-,30?,36-/m1/s1. The zero-order valence-corrected chi connectivity index (χ0v) is 26.0. The number of phenolic OH excluding ortho intramolecular Hbond substituents is 1. The third-order valence-electron chi connectivity index (χ3n) is 9.65. The van der Waals surface area contributed by atoms with Crippen molar-refractivity contribution >= 4 is 29.0 Å². The van der Waals surface area contributed by atoms with E-state index >= 15 is 0 Å². The molecule has 1 unspecified atom stereocenters. The molecule has 0 aliphatic heterocycles. The highest BCUT2D eigenvalue weighted by Gasteiger charge is 2.64. The SMILES string of the molecule is COc1ccc(C(=O)Cc2ccc(-c3ccc(O)c4c3C[C@@H]3C[C@@H]5C(N(C)C)C(=O)C(C(N)=O)=C(O)[C@]5(O)C(=O)C3=C4O)cc2)cc1. The zero-order valence-electron chi connectivity index (χ0n) is 26.0. The lowest BCUT2D eigenvalue weighted by atomic mass is 9.57. The third-order valence-corrected chi connectivity index (χ3v) is 9.65. The molecule has 1 fully saturated rings. The zero-order chi connectivity index (χ0) is 33.9. The van der Waals surface area contributed by atoms with Gasteiger partial charge >= 0.3 is 0 Å². The van der Waals surface area contributed by atoms with E-state index in [-0.39, 0.29) is 41.9 Å². The number of primary amides is 1. The number of benzene rings is 3. The summed E-state index contributed by atoms with van der Waals surface area (Å²) in [6.07, 6.45) is 0.329. The molecular formula is C36H34N2O9. The molecule has 0 saturated heterocycles. The Morgan fingerprint density at radius 2 is 1.64 bits per heavy atom. The number of hydrogen-bond acceptors (Lipinski definition) is 10. The maximum absolute atomic E-state index is 14.1. The first-order chi connectivity index (χ1) is 22.3. The van der Waals surface area contributed by atoms with Crippen molar-refractivity contribution in [1.29, 1.82) is 0 Å². The first-order valence-electron chi connectivity index (χ1n) is 15.1. The lowest BCUT2D eigenvalue weighted by molar-refractivity contribution is -0.153. The van der Waals surface area contributed by atoms with Gasteiger partial charge in [0.15, 0.2) is 17.2 Å². The number of ether oxygens (including phenoxy) is 1. The summed E-state index contributed by atoms with van der Waals surface area (Å²) in [7, 11) is 4.66. The molecule has 6 N–H and O–H groups in total. The normalized spacial score (nSPS) is 23.7. The number of nitrogens with zero attached hydrogens (tertiary/aromatic N) is 1. The van der Waals surface area contributed by atoms with Gasteiger partial charge in [0.2, 0.25) is 5.78 Å². The quantitative estimate of drug-likeness (QED) is 0.190. The number of phenols is 1. The highest BCUT2D eigenvalue weighted by Crippen LogP contribution is 2.53. The van der Waals surface area contributed by atoms with Crippen molar-refractivity contribution in [2.45, 2.75) is 30.9 Å². The van der Waals surface area contributed by atoms with Gasteiger partial charge in [0.25, 0.3) is 5.91 Å². The Labute approximate surface area is 270 Å². The summed E-state index contributed by atoms with van der Waals surface area (Å²) in [5.41, 5.74) is 4.94. The Hall–Kier alpha value is -5.26. The number of rotatable bonds is 7. The van der Waals surface area contributed by atoms with Crippen LogP contribution in [-0.4, -0.2) is 81.4 Å². The largest absolute Gasteiger partial charge is 0.508 e. The summed E-state index contributed by atoms with van der Waals surface area (Å²) in [5, 5.41) is 45.2. The highest BCUT2D eigenvalue weighted by atomic mass is 16.5. The number of nitrogens with two attached hydrogens (primary N) is 1. The van der Waals surface area contributed by atoms with Crippen LogP contribution in [0.1, 0.15) is 33.5 Å². The number of amides is 1. The van der Waals surface area contributed by atoms with Crippen molar-refractivity contribution in [2.75, 3.05) is 21.2 Å². The maximum Gasteiger partial charge on any atom is 0.255 e. The fourth-order valence-corrected chi connectivity index (χ4v) is 7.38. The van der Waals surface area contributed by atoms with Crippen LogP contribution in [0.3, 0.4) is 0 Å². The number of aromatic hydroxyl groups is 1. The maximum atomic E-state index is 14.1. The van der Waals surface area contributed by atoms with Crippen molar-refractivity contribution in [2.24, 2.45) is 17.6 Å². The molecule has 0 bridgehead atoms. The third kappa shape index (κ3) is 4.90. The number of ketones is 3. The number of likely N-dealkylation sites (N-methyl/N-ethyl adjacent to an activating group) is 1. The number of fused-ring (bicyclic) bond motifs is 3. The molecule has 11 heteroatoms. The average Bonchev–Trinajstić information content (AvgIpc) is 3.03. The Balaban J connectivity index is 1.38. The average molecular weight is 639 g/mol. The van der Waals surface area contributed by atoms with E-state index < -0.39 is 58.0 Å². The van der Waals surface area contributed by atoms with Gasteiger partial charge in [0.05, 0.1) is 18.7 Å². The van der Waals surface area contributed by atoms with Crippen LogP contribution in [0.15, 0.2) is 77.6 Å². The van der Waals surface area contributed by atoms with Crippen LogP contribution in [0.5, 0.6) is 11.5 Å². The summed E-state index contributed by atoms with van der Waals surface area (Å²) in [6.45, 7) is 0. The first-order valence-corrected chi connectivity index (χ1v) is 15.1. The molecule has 1 saturated carbocycles. The molecule has 0 spiro atoms. The van der Waals surface area contributed by atoms with E-state index in [1.165, 1.54) is 11.0 Å². The van der Waals surface area contributed by atoms with E-state index in [0.717, 1.165) is 11.1 Å². The summed E-state index contributed by atoms with van der Waals surface area (Å²) in [5.74, 6) is -6.39. The minimum absolute atomic E-state index is 0.00668. The molecule has 1 amide bonds. The minimum Gasteiger partial charge on any atom is -0.508 e. The van der Waals surface area contributed by atoms with E-state index in [0.29, 0.717) is 22.4 Å². The lowest BCUT2D eigenvalue weighted by Crippen LogP contribution is -2.65. The number of aliphatic hydroxyl groups is 3. The molecule has 47 heavy (non-hydrogen) atoms. The lowest BCUT2D eigenvalue weighted by Gasteiger charge is -2.50. The molecule has 0 radical (unpaired) electrons. The van der Waals surface area contributed by atoms with Crippen LogP contribution >= 0.6 is 0 Å². The van der Waals surface area contributed by atoms with Gasteiger partial charge in [-0.25, -0.2) is 0 Å². The second-order valence-corrected chi connectivity index (χ2v) is 12.5. The van der Waals surface area contributed by atoms with Crippen molar-refractivity contribution < 1.29 is 44.3 Å². The monoisotopic (exact) mass is 638 g/mol. The number of carbonyl (C=O) groups excluding carboxylic acids is 4. The highest BCUT2D eigenvalue weighted by molar-refractivity contribution is 6.24. The van der Waals surface area contributed by atoms with Gasteiger partial charge in [0.1, 0.15) is 28.6 Å². The molecule has 6 rings (SSSR count). The molecule has 3 aromatic carbocycles. The topological polar surface area (TPSA) is 188 Å². The molecule has 3 aliphatic carbocycles. The van der Waals surface area contributed by atoms with Gasteiger partial charge in [-0.1, -0.05) is 30.3 Å². The van der Waals surface area contributed by atoms with E-state index in [1.54, 1.807) is 51.5 Å². The van der Waals surface area contributed by atoms with Crippen molar-refractivity contribution in [3.05, 3.63) is 99.8 Å². The number of hydrogen-bond donors (Lipinski definition) is 5. The molecule has 0 heterocycles. The summed E-state index contributed by atoms with van der Waals surface area (Å²) in [4.78, 5) is 53.9. The van der Waals surface area contributed by atoms with Crippen LogP contribution in [0.25, 0.3) is 16.9 Å². The van der Waals surface area contributed by atoms with Crippen molar-refractivity contribution in [3.8, 4) is 22.6 Å². The molecule has 242 valence electrons. The van der Waals surface area contributed by atoms with Crippen LogP contribution in [-0.2, 0) is 27.2 Å². The number of methoxy groups -OCH3 is 1. The van der Waals surface area contributed by atoms with E-state index in [2.05, 4.69) is 0 Å². The summed E-state index contributed by atoms with van der Waals surface area (Å²) in [6, 6.07) is 16.1. The molecular weight excluding hydrogens is 604 g/mol. The van der Waals surface area contributed by atoms with Crippen LogP contribution in [0.4, 0.5) is 0 Å². The number of carbonyl (C=O) groups is 4. The van der Waals surface area contributed by atoms with Gasteiger partial charge in [0, 0.05) is 23.5 Å². The van der Waals surface area contributed by atoms with Gasteiger partial charge in [-0.05, 0) is 85.4 Å². The molecule has 3 aliphatic rings. The Morgan fingerprint density at radius 1 is 0.979 bits per heavy atom. The summed E-state index contributed by atoms with van der Waals surface area (Å²) < 4.78 is 5.16. The molecule has 0 aromatic heterocycles. The van der Waals surface area contributed by atoms with Gasteiger partial charge in [-0.2, -0.15) is 0 Å². The smallest absolute Gasteiger partial charge is 0.255 e. The molecule has 3 aromatic rings. The van der Waals surface area contributed by atoms with Gasteiger partial charge in [-0.15, -0.1) is 0 Å². The molecule has 11 nitrogen and oxygen atoms in total.